The molecule has 140 valence electrons. The molecule has 1 fully saturated rings. The fourth-order valence-corrected chi connectivity index (χ4v) is 2.83. The van der Waals surface area contributed by atoms with Crippen molar-refractivity contribution in [3.63, 3.8) is 0 Å². The summed E-state index contributed by atoms with van der Waals surface area (Å²) < 4.78 is 0. The lowest BCUT2D eigenvalue weighted by molar-refractivity contribution is 0.0939. The van der Waals surface area contributed by atoms with Gasteiger partial charge >= 0.3 is 0 Å². The van der Waals surface area contributed by atoms with Crippen molar-refractivity contribution in [3.05, 3.63) is 35.4 Å². The van der Waals surface area contributed by atoms with Gasteiger partial charge in [0.2, 0.25) is 0 Å². The normalized spacial score (nSPS) is 16.0. The molecule has 0 radical (unpaired) electrons. The number of nitrogens with zero attached hydrogens (tertiary/aromatic N) is 1. The van der Waals surface area contributed by atoms with E-state index < -0.39 is 0 Å². The number of nitrogens with one attached hydrogen (secondary N) is 3. The summed E-state index contributed by atoms with van der Waals surface area (Å²) in [5.74, 6) is 0.836. The highest BCUT2D eigenvalue weighted by atomic mass is 127. The Morgan fingerprint density at radius 3 is 2.44 bits per heavy atom. The summed E-state index contributed by atoms with van der Waals surface area (Å²) in [6.07, 6.45) is 5.98. The molecule has 0 spiro atoms. The molecular formula is C19H31IN4O. The SMILES string of the molecule is CCC(C)NC(=O)c1ccc(CNC(=NC)NC2CCCC2)cc1.I. The molecule has 0 saturated heterocycles. The Balaban J connectivity index is 0.00000312. The molecule has 0 aromatic heterocycles. The van der Waals surface area contributed by atoms with Gasteiger partial charge in [-0.2, -0.15) is 0 Å². The summed E-state index contributed by atoms with van der Waals surface area (Å²) in [6.45, 7) is 4.77. The largest absolute Gasteiger partial charge is 0.354 e. The molecule has 1 saturated carbocycles. The summed E-state index contributed by atoms with van der Waals surface area (Å²) in [5, 5.41) is 9.79. The third kappa shape index (κ3) is 7.22. The third-order valence-electron chi connectivity index (χ3n) is 4.59. The number of rotatable bonds is 6. The molecule has 1 aliphatic rings. The van der Waals surface area contributed by atoms with Gasteiger partial charge in [-0.3, -0.25) is 9.79 Å². The minimum Gasteiger partial charge on any atom is -0.354 e. The summed E-state index contributed by atoms with van der Waals surface area (Å²) in [4.78, 5) is 16.4. The van der Waals surface area contributed by atoms with Crippen LogP contribution in [0.25, 0.3) is 0 Å². The van der Waals surface area contributed by atoms with Gasteiger partial charge in [-0.25, -0.2) is 0 Å². The van der Waals surface area contributed by atoms with E-state index in [4.69, 9.17) is 0 Å². The maximum atomic E-state index is 12.1. The molecular weight excluding hydrogens is 427 g/mol. The lowest BCUT2D eigenvalue weighted by Crippen LogP contribution is -2.41. The van der Waals surface area contributed by atoms with Crippen molar-refractivity contribution in [2.45, 2.75) is 64.6 Å². The molecule has 25 heavy (non-hydrogen) atoms. The van der Waals surface area contributed by atoms with Gasteiger partial charge in [0.25, 0.3) is 5.91 Å². The van der Waals surface area contributed by atoms with E-state index in [1.54, 1.807) is 7.05 Å². The molecule has 0 aliphatic heterocycles. The predicted molar refractivity (Wildman–Crippen MR) is 115 cm³/mol. The first-order valence-corrected chi connectivity index (χ1v) is 8.99. The van der Waals surface area contributed by atoms with Gasteiger partial charge in [-0.15, -0.1) is 24.0 Å². The molecule has 6 heteroatoms. The molecule has 1 atom stereocenters. The van der Waals surface area contributed by atoms with Gasteiger partial charge in [0, 0.05) is 31.2 Å². The molecule has 0 bridgehead atoms. The van der Waals surface area contributed by atoms with E-state index in [0.717, 1.165) is 17.9 Å². The number of aliphatic imine (C=N–C) groups is 1. The van der Waals surface area contributed by atoms with Crippen molar-refractivity contribution in [1.29, 1.82) is 0 Å². The van der Waals surface area contributed by atoms with Gasteiger partial charge < -0.3 is 16.0 Å². The Labute approximate surface area is 168 Å². The highest BCUT2D eigenvalue weighted by Gasteiger charge is 2.15. The lowest BCUT2D eigenvalue weighted by atomic mass is 10.1. The molecule has 0 heterocycles. The minimum atomic E-state index is -0.0115. The molecule has 2 rings (SSSR count). The maximum absolute atomic E-state index is 12.1. The number of halogens is 1. The number of hydrogen-bond donors (Lipinski definition) is 3. The Hall–Kier alpha value is -1.31. The number of amides is 1. The quantitative estimate of drug-likeness (QED) is 0.348. The van der Waals surface area contributed by atoms with E-state index in [1.165, 1.54) is 25.7 Å². The van der Waals surface area contributed by atoms with E-state index in [-0.39, 0.29) is 35.9 Å². The van der Waals surface area contributed by atoms with Gasteiger partial charge in [0.1, 0.15) is 0 Å². The van der Waals surface area contributed by atoms with Crippen LogP contribution in [-0.4, -0.2) is 31.0 Å². The fraction of sp³-hybridized carbons (Fsp3) is 0.579. The topological polar surface area (TPSA) is 65.5 Å². The van der Waals surface area contributed by atoms with Gasteiger partial charge in [-0.05, 0) is 43.9 Å². The van der Waals surface area contributed by atoms with Crippen LogP contribution in [0.4, 0.5) is 0 Å². The highest BCUT2D eigenvalue weighted by Crippen LogP contribution is 2.17. The van der Waals surface area contributed by atoms with Gasteiger partial charge in [0.05, 0.1) is 0 Å². The molecule has 1 amide bonds. The second-order valence-electron chi connectivity index (χ2n) is 6.53. The first-order chi connectivity index (χ1) is 11.6. The Morgan fingerprint density at radius 1 is 1.24 bits per heavy atom. The predicted octanol–water partition coefficient (Wildman–Crippen LogP) is 3.44. The second kappa shape index (κ2) is 11.3. The average Bonchev–Trinajstić information content (AvgIpc) is 3.11. The zero-order valence-electron chi connectivity index (χ0n) is 15.5. The molecule has 5 nitrogen and oxygen atoms in total. The number of carbonyl (C=O) groups is 1. The standard InChI is InChI=1S/C19H30N4O.HI/c1-4-14(2)22-18(24)16-11-9-15(10-12-16)13-21-19(20-3)23-17-7-5-6-8-17;/h9-12,14,17H,4-8,13H2,1-3H3,(H,22,24)(H2,20,21,23);1H. The molecule has 1 aromatic carbocycles. The van der Waals surface area contributed by atoms with Crippen molar-refractivity contribution in [3.8, 4) is 0 Å². The van der Waals surface area contributed by atoms with Crippen LogP contribution in [0.1, 0.15) is 61.9 Å². The molecule has 1 unspecified atom stereocenters. The van der Waals surface area contributed by atoms with Crippen molar-refractivity contribution >= 4 is 35.8 Å². The zero-order chi connectivity index (χ0) is 17.4. The smallest absolute Gasteiger partial charge is 0.251 e. The van der Waals surface area contributed by atoms with E-state index in [0.29, 0.717) is 18.2 Å². The summed E-state index contributed by atoms with van der Waals surface area (Å²) in [6, 6.07) is 8.47. The van der Waals surface area contributed by atoms with Crippen molar-refractivity contribution < 1.29 is 4.79 Å². The molecule has 3 N–H and O–H groups in total. The number of hydrogen-bond acceptors (Lipinski definition) is 2. The first-order valence-electron chi connectivity index (χ1n) is 8.99. The van der Waals surface area contributed by atoms with Gasteiger partial charge in [-0.1, -0.05) is 31.9 Å². The fourth-order valence-electron chi connectivity index (χ4n) is 2.83. The van der Waals surface area contributed by atoms with E-state index in [1.807, 2.05) is 31.2 Å². The Kier molecular flexibility index (Phi) is 9.85. The third-order valence-corrected chi connectivity index (χ3v) is 4.59. The minimum absolute atomic E-state index is 0. The van der Waals surface area contributed by atoms with Crippen LogP contribution in [0.5, 0.6) is 0 Å². The van der Waals surface area contributed by atoms with Crippen molar-refractivity contribution in [2.75, 3.05) is 7.05 Å². The van der Waals surface area contributed by atoms with E-state index in [9.17, 15) is 4.79 Å². The number of guanidine groups is 1. The van der Waals surface area contributed by atoms with Crippen molar-refractivity contribution in [1.82, 2.24) is 16.0 Å². The zero-order valence-corrected chi connectivity index (χ0v) is 17.8. The summed E-state index contributed by atoms with van der Waals surface area (Å²) in [5.41, 5.74) is 1.83. The van der Waals surface area contributed by atoms with Crippen LogP contribution in [0.3, 0.4) is 0 Å². The van der Waals surface area contributed by atoms with Crippen LogP contribution in [0.15, 0.2) is 29.3 Å². The Bertz CT molecular complexity index is 553. The average molecular weight is 458 g/mol. The van der Waals surface area contributed by atoms with Crippen LogP contribution in [0, 0.1) is 0 Å². The molecule has 1 aromatic rings. The van der Waals surface area contributed by atoms with Gasteiger partial charge in [0.15, 0.2) is 5.96 Å². The molecule has 1 aliphatic carbocycles. The monoisotopic (exact) mass is 458 g/mol. The summed E-state index contributed by atoms with van der Waals surface area (Å²) in [7, 11) is 1.80. The highest BCUT2D eigenvalue weighted by molar-refractivity contribution is 14.0. The van der Waals surface area contributed by atoms with Crippen LogP contribution in [-0.2, 0) is 6.54 Å². The van der Waals surface area contributed by atoms with E-state index >= 15 is 0 Å². The van der Waals surface area contributed by atoms with Crippen LogP contribution < -0.4 is 16.0 Å². The van der Waals surface area contributed by atoms with E-state index in [2.05, 4.69) is 27.9 Å². The van der Waals surface area contributed by atoms with Crippen LogP contribution in [0.2, 0.25) is 0 Å². The number of benzene rings is 1. The second-order valence-corrected chi connectivity index (χ2v) is 6.53. The summed E-state index contributed by atoms with van der Waals surface area (Å²) >= 11 is 0. The first kappa shape index (κ1) is 21.7. The van der Waals surface area contributed by atoms with Crippen molar-refractivity contribution in [2.24, 2.45) is 4.99 Å². The van der Waals surface area contributed by atoms with Crippen LogP contribution >= 0.6 is 24.0 Å². The number of carbonyl (C=O) groups excluding carboxylic acids is 1. The lowest BCUT2D eigenvalue weighted by Gasteiger charge is -2.17. The maximum Gasteiger partial charge on any atom is 0.251 e. The Morgan fingerprint density at radius 2 is 1.88 bits per heavy atom.